The number of rotatable bonds is 7. The highest BCUT2D eigenvalue weighted by Crippen LogP contribution is 2.23. The van der Waals surface area contributed by atoms with Crippen LogP contribution < -0.4 is 5.32 Å². The van der Waals surface area contributed by atoms with Gasteiger partial charge in [0.25, 0.3) is 5.91 Å². The van der Waals surface area contributed by atoms with Crippen molar-refractivity contribution in [3.63, 3.8) is 0 Å². The van der Waals surface area contributed by atoms with Gasteiger partial charge in [-0.3, -0.25) is 14.5 Å². The molecule has 31 heavy (non-hydrogen) atoms. The van der Waals surface area contributed by atoms with Crippen LogP contribution in [0.25, 0.3) is 6.08 Å². The van der Waals surface area contributed by atoms with E-state index in [1.807, 2.05) is 24.3 Å². The predicted octanol–water partition coefficient (Wildman–Crippen LogP) is 4.78. The smallest absolute Gasteiger partial charge is 0.251 e. The van der Waals surface area contributed by atoms with Crippen LogP contribution in [-0.4, -0.2) is 36.2 Å². The molecule has 1 saturated heterocycles. The first-order valence-electron chi connectivity index (χ1n) is 11.6. The van der Waals surface area contributed by atoms with Crippen molar-refractivity contribution in [1.82, 2.24) is 10.2 Å². The maximum atomic E-state index is 12.5. The third kappa shape index (κ3) is 6.38. The van der Waals surface area contributed by atoms with Crippen LogP contribution in [0.3, 0.4) is 0 Å². The van der Waals surface area contributed by atoms with Crippen LogP contribution in [0.4, 0.5) is 0 Å². The Morgan fingerprint density at radius 1 is 0.871 bits per heavy atom. The number of nitrogens with one attached hydrogen (secondary N) is 1. The number of hydrogen-bond donors (Lipinski definition) is 1. The first-order valence-corrected chi connectivity index (χ1v) is 11.6. The highest BCUT2D eigenvalue weighted by atomic mass is 16.1. The molecule has 0 radical (unpaired) electrons. The SMILES string of the molecule is O=C1CCC(=Cc2ccc(C(=O)NCCc3ccc(CN4CCCC4)cc3)cc2)CC1. The highest BCUT2D eigenvalue weighted by Gasteiger charge is 2.13. The molecule has 2 aromatic rings. The van der Waals surface area contributed by atoms with Crippen molar-refractivity contribution in [3.05, 3.63) is 76.4 Å². The van der Waals surface area contributed by atoms with Gasteiger partial charge in [-0.2, -0.15) is 0 Å². The zero-order valence-corrected chi connectivity index (χ0v) is 18.2. The molecule has 0 unspecified atom stereocenters. The summed E-state index contributed by atoms with van der Waals surface area (Å²) in [6, 6.07) is 16.5. The third-order valence-electron chi connectivity index (χ3n) is 6.32. The average molecular weight is 417 g/mol. The Balaban J connectivity index is 1.22. The molecule has 0 aromatic heterocycles. The molecule has 2 aromatic carbocycles. The molecule has 1 heterocycles. The van der Waals surface area contributed by atoms with E-state index in [1.165, 1.54) is 42.6 Å². The molecule has 4 nitrogen and oxygen atoms in total. The Morgan fingerprint density at radius 2 is 1.52 bits per heavy atom. The van der Waals surface area contributed by atoms with Crippen molar-refractivity contribution >= 4 is 17.8 Å². The van der Waals surface area contributed by atoms with Crippen molar-refractivity contribution in [2.75, 3.05) is 19.6 Å². The molecule has 1 aliphatic carbocycles. The summed E-state index contributed by atoms with van der Waals surface area (Å²) < 4.78 is 0. The predicted molar refractivity (Wildman–Crippen MR) is 125 cm³/mol. The van der Waals surface area contributed by atoms with Crippen LogP contribution in [0.1, 0.15) is 65.6 Å². The van der Waals surface area contributed by atoms with Gasteiger partial charge in [-0.1, -0.05) is 48.0 Å². The number of carbonyl (C=O) groups is 2. The van der Waals surface area contributed by atoms with Gasteiger partial charge in [-0.15, -0.1) is 0 Å². The van der Waals surface area contributed by atoms with Gasteiger partial charge in [0.2, 0.25) is 0 Å². The first kappa shape index (κ1) is 21.5. The summed E-state index contributed by atoms with van der Waals surface area (Å²) in [7, 11) is 0. The molecule has 0 spiro atoms. The van der Waals surface area contributed by atoms with Crippen LogP contribution in [0.15, 0.2) is 54.1 Å². The van der Waals surface area contributed by atoms with Gasteiger partial charge in [0.15, 0.2) is 0 Å². The van der Waals surface area contributed by atoms with E-state index in [4.69, 9.17) is 0 Å². The fraction of sp³-hybridized carbons (Fsp3) is 0.407. The summed E-state index contributed by atoms with van der Waals surface area (Å²) in [4.78, 5) is 26.3. The summed E-state index contributed by atoms with van der Waals surface area (Å²) in [6.07, 6.45) is 8.67. The van der Waals surface area contributed by atoms with Crippen LogP contribution in [-0.2, 0) is 17.8 Å². The summed E-state index contributed by atoms with van der Waals surface area (Å²) in [5.74, 6) is 0.329. The largest absolute Gasteiger partial charge is 0.352 e. The molecular formula is C27H32N2O2. The molecule has 162 valence electrons. The van der Waals surface area contributed by atoms with Crippen molar-refractivity contribution in [3.8, 4) is 0 Å². The molecular weight excluding hydrogens is 384 g/mol. The number of Topliss-reactive ketones (excluding diaryl/α,β-unsaturated/α-hetero) is 1. The number of benzene rings is 2. The molecule has 1 aliphatic heterocycles. The molecule has 4 rings (SSSR count). The van der Waals surface area contributed by atoms with Gasteiger partial charge in [0.05, 0.1) is 0 Å². The van der Waals surface area contributed by atoms with E-state index in [-0.39, 0.29) is 5.91 Å². The summed E-state index contributed by atoms with van der Waals surface area (Å²) in [5.41, 5.74) is 5.71. The molecule has 4 heteroatoms. The average Bonchev–Trinajstić information content (AvgIpc) is 3.30. The Kier molecular flexibility index (Phi) is 7.31. The monoisotopic (exact) mass is 416 g/mol. The number of likely N-dealkylation sites (tertiary alicyclic amines) is 1. The third-order valence-corrected chi connectivity index (χ3v) is 6.32. The van der Waals surface area contributed by atoms with Gasteiger partial charge < -0.3 is 5.32 Å². The topological polar surface area (TPSA) is 49.4 Å². The van der Waals surface area contributed by atoms with Gasteiger partial charge in [-0.25, -0.2) is 0 Å². The lowest BCUT2D eigenvalue weighted by molar-refractivity contribution is -0.119. The zero-order chi connectivity index (χ0) is 21.5. The molecule has 0 bridgehead atoms. The number of nitrogens with zero attached hydrogens (tertiary/aromatic N) is 1. The Labute approximate surface area is 185 Å². The second kappa shape index (κ2) is 10.5. The van der Waals surface area contributed by atoms with E-state index >= 15 is 0 Å². The fourth-order valence-corrected chi connectivity index (χ4v) is 4.39. The van der Waals surface area contributed by atoms with Gasteiger partial charge >= 0.3 is 0 Å². The molecule has 2 aliphatic rings. The lowest BCUT2D eigenvalue weighted by atomic mass is 9.92. The highest BCUT2D eigenvalue weighted by molar-refractivity contribution is 5.94. The van der Waals surface area contributed by atoms with Gasteiger partial charge in [0.1, 0.15) is 5.78 Å². The quantitative estimate of drug-likeness (QED) is 0.707. The minimum absolute atomic E-state index is 0.0341. The second-order valence-corrected chi connectivity index (χ2v) is 8.77. The van der Waals surface area contributed by atoms with Gasteiger partial charge in [-0.05, 0) is 74.0 Å². The van der Waals surface area contributed by atoms with Crippen LogP contribution in [0.2, 0.25) is 0 Å². The minimum Gasteiger partial charge on any atom is -0.352 e. The molecule has 1 N–H and O–H groups in total. The molecule has 1 saturated carbocycles. The van der Waals surface area contributed by atoms with Crippen LogP contribution in [0, 0.1) is 0 Å². The Bertz CT molecular complexity index is 911. The number of ketones is 1. The zero-order valence-electron chi connectivity index (χ0n) is 18.2. The number of amides is 1. The van der Waals surface area contributed by atoms with E-state index in [1.54, 1.807) is 0 Å². The van der Waals surface area contributed by atoms with Gasteiger partial charge in [0, 0.05) is 31.5 Å². The minimum atomic E-state index is -0.0341. The van der Waals surface area contributed by atoms with Crippen LogP contribution in [0.5, 0.6) is 0 Å². The maximum Gasteiger partial charge on any atom is 0.251 e. The van der Waals surface area contributed by atoms with Crippen molar-refractivity contribution in [2.45, 2.75) is 51.5 Å². The lowest BCUT2D eigenvalue weighted by Gasteiger charge is -2.14. The second-order valence-electron chi connectivity index (χ2n) is 8.77. The van der Waals surface area contributed by atoms with Crippen LogP contribution >= 0.6 is 0 Å². The lowest BCUT2D eigenvalue weighted by Crippen LogP contribution is -2.25. The first-order chi connectivity index (χ1) is 15.2. The maximum absolute atomic E-state index is 12.5. The number of carbonyl (C=O) groups excluding carboxylic acids is 2. The van der Waals surface area contributed by atoms with Crippen molar-refractivity contribution in [1.29, 1.82) is 0 Å². The Hall–Kier alpha value is -2.72. The molecule has 2 fully saturated rings. The molecule has 0 atom stereocenters. The molecule has 1 amide bonds. The number of allylic oxidation sites excluding steroid dienone is 1. The van der Waals surface area contributed by atoms with E-state index < -0.39 is 0 Å². The van der Waals surface area contributed by atoms with E-state index in [2.05, 4.69) is 40.6 Å². The number of hydrogen-bond acceptors (Lipinski definition) is 3. The summed E-state index contributed by atoms with van der Waals surface area (Å²) in [5, 5.41) is 3.03. The summed E-state index contributed by atoms with van der Waals surface area (Å²) in [6.45, 7) is 4.10. The van der Waals surface area contributed by atoms with E-state index in [0.717, 1.165) is 31.4 Å². The Morgan fingerprint density at radius 3 is 2.19 bits per heavy atom. The standard InChI is InChI=1S/C27H32N2O2/c30-26-13-9-23(10-14-26)19-22-7-11-25(12-8-22)27(31)28-16-15-21-3-5-24(6-4-21)20-29-17-1-2-18-29/h3-8,11-12,19H,1-2,9-10,13-18,20H2,(H,28,31). The van der Waals surface area contributed by atoms with E-state index in [9.17, 15) is 9.59 Å². The van der Waals surface area contributed by atoms with E-state index in [0.29, 0.717) is 30.7 Å². The van der Waals surface area contributed by atoms with Crippen molar-refractivity contribution in [2.24, 2.45) is 0 Å². The van der Waals surface area contributed by atoms with Crippen molar-refractivity contribution < 1.29 is 9.59 Å². The summed E-state index contributed by atoms with van der Waals surface area (Å²) >= 11 is 0. The fourth-order valence-electron chi connectivity index (χ4n) is 4.39. The normalized spacial score (nSPS) is 17.0.